The van der Waals surface area contributed by atoms with E-state index in [9.17, 15) is 0 Å². The van der Waals surface area contributed by atoms with Gasteiger partial charge in [0.05, 0.1) is 7.11 Å². The minimum Gasteiger partial charge on any atom is -0.497 e. The highest BCUT2D eigenvalue weighted by atomic mass is 16.5. The van der Waals surface area contributed by atoms with E-state index in [2.05, 4.69) is 5.32 Å². The van der Waals surface area contributed by atoms with Crippen LogP contribution in [-0.4, -0.2) is 13.7 Å². The Morgan fingerprint density at radius 3 is 2.76 bits per heavy atom. The van der Waals surface area contributed by atoms with E-state index in [0.29, 0.717) is 6.42 Å². The average molecular weight is 225 g/mol. The highest BCUT2D eigenvalue weighted by Crippen LogP contribution is 2.35. The molecule has 0 atom stereocenters. The summed E-state index contributed by atoms with van der Waals surface area (Å²) >= 11 is 0. The van der Waals surface area contributed by atoms with Crippen LogP contribution in [-0.2, 0) is 0 Å². The van der Waals surface area contributed by atoms with Gasteiger partial charge in [-0.2, -0.15) is 10.5 Å². The number of anilines is 1. The summed E-state index contributed by atoms with van der Waals surface area (Å²) in [6.45, 7) is 0.725. The lowest BCUT2D eigenvalue weighted by Crippen LogP contribution is -2.12. The van der Waals surface area contributed by atoms with Crippen molar-refractivity contribution < 1.29 is 4.74 Å². The smallest absolute Gasteiger partial charge is 0.133 e. The molecule has 0 saturated carbocycles. The van der Waals surface area contributed by atoms with Crippen molar-refractivity contribution in [2.24, 2.45) is 0 Å². The van der Waals surface area contributed by atoms with Crippen LogP contribution in [0.2, 0.25) is 0 Å². The van der Waals surface area contributed by atoms with E-state index >= 15 is 0 Å². The molecule has 4 nitrogen and oxygen atoms in total. The van der Waals surface area contributed by atoms with Crippen molar-refractivity contribution in [2.75, 3.05) is 19.0 Å². The predicted octanol–water partition coefficient (Wildman–Crippen LogP) is 2.31. The minimum atomic E-state index is 0.193. The highest BCUT2D eigenvalue weighted by Gasteiger charge is 2.18. The number of nitriles is 2. The molecule has 17 heavy (non-hydrogen) atoms. The number of hydrogen-bond donors (Lipinski definition) is 1. The molecule has 0 aromatic heterocycles. The Morgan fingerprint density at radius 1 is 1.35 bits per heavy atom. The first-order valence-corrected chi connectivity index (χ1v) is 5.25. The lowest BCUT2D eigenvalue weighted by Gasteiger charge is -2.21. The molecule has 1 aliphatic heterocycles. The summed E-state index contributed by atoms with van der Waals surface area (Å²) in [5.41, 5.74) is 2.83. The van der Waals surface area contributed by atoms with Crippen LogP contribution in [0.25, 0.3) is 5.57 Å². The van der Waals surface area contributed by atoms with Gasteiger partial charge in [0.25, 0.3) is 0 Å². The first-order valence-electron chi connectivity index (χ1n) is 5.25. The quantitative estimate of drug-likeness (QED) is 0.744. The number of nitrogens with one attached hydrogen (secondary N) is 1. The Bertz CT molecular complexity index is 545. The third kappa shape index (κ3) is 1.93. The fourth-order valence-electron chi connectivity index (χ4n) is 1.94. The Hall–Kier alpha value is -2.46. The van der Waals surface area contributed by atoms with Gasteiger partial charge in [-0.25, -0.2) is 0 Å². The normalized spacial score (nSPS) is 12.8. The predicted molar refractivity (Wildman–Crippen MR) is 64.2 cm³/mol. The maximum Gasteiger partial charge on any atom is 0.133 e. The average Bonchev–Trinajstić information content (AvgIpc) is 2.39. The largest absolute Gasteiger partial charge is 0.497 e. The molecule has 0 aliphatic carbocycles. The molecule has 1 aromatic carbocycles. The maximum absolute atomic E-state index is 8.93. The zero-order valence-corrected chi connectivity index (χ0v) is 9.45. The number of benzene rings is 1. The molecule has 0 saturated heterocycles. The van der Waals surface area contributed by atoms with Gasteiger partial charge in [0.1, 0.15) is 23.5 Å². The number of fused-ring (bicyclic) bond motifs is 1. The van der Waals surface area contributed by atoms with Gasteiger partial charge in [-0.3, -0.25) is 0 Å². The van der Waals surface area contributed by atoms with Crippen LogP contribution < -0.4 is 10.1 Å². The van der Waals surface area contributed by atoms with Gasteiger partial charge in [0.15, 0.2) is 0 Å². The second-order valence-corrected chi connectivity index (χ2v) is 3.67. The lowest BCUT2D eigenvalue weighted by atomic mass is 9.93. The van der Waals surface area contributed by atoms with Crippen molar-refractivity contribution in [1.29, 1.82) is 10.5 Å². The second-order valence-electron chi connectivity index (χ2n) is 3.67. The van der Waals surface area contributed by atoms with Crippen LogP contribution in [0.1, 0.15) is 12.0 Å². The molecule has 0 spiro atoms. The first-order chi connectivity index (χ1) is 8.30. The van der Waals surface area contributed by atoms with E-state index in [-0.39, 0.29) is 5.57 Å². The van der Waals surface area contributed by atoms with Crippen LogP contribution in [0.15, 0.2) is 23.8 Å². The van der Waals surface area contributed by atoms with Crippen LogP contribution in [0.4, 0.5) is 5.69 Å². The molecule has 1 N–H and O–H groups in total. The molecule has 1 heterocycles. The van der Waals surface area contributed by atoms with Gasteiger partial charge in [0.2, 0.25) is 0 Å². The van der Waals surface area contributed by atoms with Gasteiger partial charge in [-0.1, -0.05) is 0 Å². The Labute approximate surface area is 99.7 Å². The molecule has 1 aliphatic rings. The molecular formula is C13H11N3O. The van der Waals surface area contributed by atoms with Crippen LogP contribution in [0.3, 0.4) is 0 Å². The zero-order chi connectivity index (χ0) is 12.3. The van der Waals surface area contributed by atoms with Crippen molar-refractivity contribution in [3.05, 3.63) is 29.3 Å². The van der Waals surface area contributed by atoms with E-state index in [4.69, 9.17) is 15.3 Å². The van der Waals surface area contributed by atoms with E-state index in [1.54, 1.807) is 7.11 Å². The van der Waals surface area contributed by atoms with Gasteiger partial charge in [-0.05, 0) is 24.1 Å². The molecule has 2 rings (SSSR count). The van der Waals surface area contributed by atoms with Crippen molar-refractivity contribution in [3.8, 4) is 17.9 Å². The van der Waals surface area contributed by atoms with Crippen molar-refractivity contribution in [1.82, 2.24) is 0 Å². The van der Waals surface area contributed by atoms with Gasteiger partial charge < -0.3 is 10.1 Å². The third-order valence-electron chi connectivity index (χ3n) is 2.77. The summed E-state index contributed by atoms with van der Waals surface area (Å²) in [4.78, 5) is 0. The standard InChI is InChI=1S/C13H11N3O/c1-17-10-2-3-12-11(9(7-14)8-15)4-5-16-13(12)6-10/h2-3,6,16H,4-5H2,1H3. The minimum absolute atomic E-state index is 0.193. The summed E-state index contributed by atoms with van der Waals surface area (Å²) < 4.78 is 5.14. The van der Waals surface area contributed by atoms with Crippen molar-refractivity contribution in [3.63, 3.8) is 0 Å². The summed E-state index contributed by atoms with van der Waals surface area (Å²) in [5.74, 6) is 0.757. The SMILES string of the molecule is COc1ccc2c(c1)NCCC2=C(C#N)C#N. The number of allylic oxidation sites excluding steroid dienone is 1. The van der Waals surface area contributed by atoms with Gasteiger partial charge in [0, 0.05) is 23.9 Å². The van der Waals surface area contributed by atoms with E-state index in [1.165, 1.54) is 0 Å². The molecular weight excluding hydrogens is 214 g/mol. The number of nitrogens with zero attached hydrogens (tertiary/aromatic N) is 2. The van der Waals surface area contributed by atoms with Gasteiger partial charge >= 0.3 is 0 Å². The molecule has 0 unspecified atom stereocenters. The lowest BCUT2D eigenvalue weighted by molar-refractivity contribution is 0.415. The topological polar surface area (TPSA) is 68.8 Å². The first kappa shape index (κ1) is 11.0. The Balaban J connectivity index is 2.58. The van der Waals surface area contributed by atoms with Crippen LogP contribution in [0.5, 0.6) is 5.75 Å². The fraction of sp³-hybridized carbons (Fsp3) is 0.231. The van der Waals surface area contributed by atoms with E-state index in [1.807, 2.05) is 30.3 Å². The number of rotatable bonds is 1. The zero-order valence-electron chi connectivity index (χ0n) is 9.45. The molecule has 0 fully saturated rings. The fourth-order valence-corrected chi connectivity index (χ4v) is 1.94. The third-order valence-corrected chi connectivity index (χ3v) is 2.77. The summed E-state index contributed by atoms with van der Waals surface area (Å²) in [7, 11) is 1.61. The van der Waals surface area contributed by atoms with E-state index < -0.39 is 0 Å². The molecule has 84 valence electrons. The van der Waals surface area contributed by atoms with Gasteiger partial charge in [-0.15, -0.1) is 0 Å². The van der Waals surface area contributed by atoms with Crippen molar-refractivity contribution in [2.45, 2.75) is 6.42 Å². The Kier molecular flexibility index (Phi) is 2.98. The second kappa shape index (κ2) is 4.59. The monoisotopic (exact) mass is 225 g/mol. The maximum atomic E-state index is 8.93. The molecule has 4 heteroatoms. The summed E-state index contributed by atoms with van der Waals surface area (Å²) in [5, 5.41) is 21.1. The van der Waals surface area contributed by atoms with E-state index in [0.717, 1.165) is 29.1 Å². The van der Waals surface area contributed by atoms with Crippen LogP contribution in [0, 0.1) is 22.7 Å². The van der Waals surface area contributed by atoms with Crippen LogP contribution >= 0.6 is 0 Å². The number of methoxy groups -OCH3 is 1. The molecule has 0 bridgehead atoms. The summed E-state index contributed by atoms with van der Waals surface area (Å²) in [6.07, 6.45) is 0.690. The Morgan fingerprint density at radius 2 is 2.12 bits per heavy atom. The number of ether oxygens (including phenoxy) is 1. The number of hydrogen-bond acceptors (Lipinski definition) is 4. The molecule has 0 amide bonds. The van der Waals surface area contributed by atoms with Crippen molar-refractivity contribution >= 4 is 11.3 Å². The highest BCUT2D eigenvalue weighted by molar-refractivity contribution is 5.85. The summed E-state index contributed by atoms with van der Waals surface area (Å²) in [6, 6.07) is 9.49. The molecule has 1 aromatic rings. The molecule has 0 radical (unpaired) electrons.